The van der Waals surface area contributed by atoms with Crippen molar-refractivity contribution < 1.29 is 66.6 Å². The van der Waals surface area contributed by atoms with Crippen LogP contribution >= 0.6 is 11.3 Å². The first-order valence-corrected chi connectivity index (χ1v) is 14.5. The fraction of sp³-hybridized carbons (Fsp3) is 0.233. The number of anilines is 2. The molecule has 1 aromatic heterocycles. The first-order valence-electron chi connectivity index (χ1n) is 13.6. The average molecular weight is 696 g/mol. The van der Waals surface area contributed by atoms with Gasteiger partial charge in [0.25, 0.3) is 0 Å². The molecule has 4 rings (SSSR count). The van der Waals surface area contributed by atoms with E-state index in [0.29, 0.717) is 10.3 Å². The molecule has 0 saturated carbocycles. The number of hydrogen-bond acceptors (Lipinski definition) is 10. The molecule has 0 aliphatic carbocycles. The van der Waals surface area contributed by atoms with E-state index in [1.54, 1.807) is 0 Å². The first kappa shape index (κ1) is 35.2. The van der Waals surface area contributed by atoms with Gasteiger partial charge in [0.2, 0.25) is 0 Å². The van der Waals surface area contributed by atoms with E-state index in [1.807, 2.05) is 0 Å². The summed E-state index contributed by atoms with van der Waals surface area (Å²) in [5.74, 6) is -6.45. The van der Waals surface area contributed by atoms with Gasteiger partial charge in [0.05, 0.1) is 27.2 Å². The molecule has 0 amide bonds. The summed E-state index contributed by atoms with van der Waals surface area (Å²) in [4.78, 5) is 51.9. The molecule has 48 heavy (non-hydrogen) atoms. The number of aliphatic carboxylic acids is 4. The molecular weight excluding hydrogens is 670 g/mol. The van der Waals surface area contributed by atoms with Crippen LogP contribution in [0.25, 0.3) is 20.8 Å². The quantitative estimate of drug-likeness (QED) is 0.0947. The Labute approximate surface area is 271 Å². The standard InChI is InChI=1S/C30H25F4N3O10S/c31-18-3-5-21(37(14-27(42)43)15-28(44)45)23(11-18)47-8-7-46-22-9-16(1-4-20(22)36(12-25(38)39)13-26(40)41)29-35-19-10-17(30(32,33)34)2-6-24(19)48-29/h1-6,9-11H,7-8,12-15H2,(H,38,39)(H,40,41)(H,42,43)(H,44,45). The number of nitrogens with zero attached hydrogens (tertiary/aromatic N) is 3. The largest absolute Gasteiger partial charge is 0.488 e. The van der Waals surface area contributed by atoms with Crippen molar-refractivity contribution in [2.45, 2.75) is 6.18 Å². The van der Waals surface area contributed by atoms with Crippen molar-refractivity contribution in [2.24, 2.45) is 0 Å². The summed E-state index contributed by atoms with van der Waals surface area (Å²) in [7, 11) is 0. The van der Waals surface area contributed by atoms with E-state index in [2.05, 4.69) is 4.98 Å². The molecule has 3 aromatic carbocycles. The molecule has 254 valence electrons. The Kier molecular flexibility index (Phi) is 10.9. The number of fused-ring (bicyclic) bond motifs is 1. The molecule has 0 saturated heterocycles. The molecule has 0 spiro atoms. The summed E-state index contributed by atoms with van der Waals surface area (Å²) in [6.07, 6.45) is -4.59. The number of hydrogen-bond donors (Lipinski definition) is 4. The Morgan fingerprint density at radius 1 is 0.708 bits per heavy atom. The van der Waals surface area contributed by atoms with Crippen LogP contribution in [0.1, 0.15) is 5.56 Å². The zero-order chi connectivity index (χ0) is 35.2. The van der Waals surface area contributed by atoms with E-state index >= 15 is 0 Å². The maximum Gasteiger partial charge on any atom is 0.416 e. The van der Waals surface area contributed by atoms with Crippen molar-refractivity contribution in [3.05, 3.63) is 66.0 Å². The van der Waals surface area contributed by atoms with Crippen LogP contribution in [0.3, 0.4) is 0 Å². The molecule has 0 atom stereocenters. The monoisotopic (exact) mass is 695 g/mol. The van der Waals surface area contributed by atoms with Gasteiger partial charge in [0, 0.05) is 11.6 Å². The van der Waals surface area contributed by atoms with E-state index in [4.69, 9.17) is 9.47 Å². The van der Waals surface area contributed by atoms with Crippen LogP contribution in [0.2, 0.25) is 0 Å². The predicted octanol–water partition coefficient (Wildman–Crippen LogP) is 4.53. The lowest BCUT2D eigenvalue weighted by atomic mass is 10.1. The highest BCUT2D eigenvalue weighted by Crippen LogP contribution is 2.39. The van der Waals surface area contributed by atoms with E-state index in [1.165, 1.54) is 24.3 Å². The van der Waals surface area contributed by atoms with Gasteiger partial charge in [-0.15, -0.1) is 11.3 Å². The van der Waals surface area contributed by atoms with Crippen molar-refractivity contribution in [3.63, 3.8) is 0 Å². The molecule has 0 unspecified atom stereocenters. The lowest BCUT2D eigenvalue weighted by Gasteiger charge is -2.25. The Morgan fingerprint density at radius 3 is 1.71 bits per heavy atom. The Hall–Kier alpha value is -5.65. The second-order valence-corrected chi connectivity index (χ2v) is 11.0. The van der Waals surface area contributed by atoms with Crippen molar-refractivity contribution in [1.29, 1.82) is 0 Å². The zero-order valence-corrected chi connectivity index (χ0v) is 25.3. The third kappa shape index (κ3) is 9.21. The molecule has 0 bridgehead atoms. The molecule has 18 heteroatoms. The second kappa shape index (κ2) is 14.8. The van der Waals surface area contributed by atoms with Crippen LogP contribution < -0.4 is 19.3 Å². The van der Waals surface area contributed by atoms with Gasteiger partial charge in [0.1, 0.15) is 61.7 Å². The van der Waals surface area contributed by atoms with Crippen molar-refractivity contribution in [2.75, 3.05) is 49.2 Å². The number of ether oxygens (including phenoxy) is 2. The van der Waals surface area contributed by atoms with Gasteiger partial charge in [-0.05, 0) is 48.5 Å². The number of benzene rings is 3. The molecule has 13 nitrogen and oxygen atoms in total. The van der Waals surface area contributed by atoms with E-state index < -0.39 is 67.6 Å². The highest BCUT2D eigenvalue weighted by atomic mass is 32.1. The summed E-state index contributed by atoms with van der Waals surface area (Å²) in [5, 5.41) is 37.5. The van der Waals surface area contributed by atoms with Crippen molar-refractivity contribution in [1.82, 2.24) is 4.98 Å². The van der Waals surface area contributed by atoms with Crippen LogP contribution in [-0.4, -0.2) is 88.7 Å². The van der Waals surface area contributed by atoms with Gasteiger partial charge in [-0.1, -0.05) is 0 Å². The van der Waals surface area contributed by atoms with E-state index in [0.717, 1.165) is 51.5 Å². The molecule has 0 radical (unpaired) electrons. The zero-order valence-electron chi connectivity index (χ0n) is 24.4. The molecular formula is C30H25F4N3O10S. The Bertz CT molecular complexity index is 1820. The van der Waals surface area contributed by atoms with Gasteiger partial charge in [-0.2, -0.15) is 13.2 Å². The Morgan fingerprint density at radius 2 is 1.21 bits per heavy atom. The highest BCUT2D eigenvalue weighted by molar-refractivity contribution is 7.21. The third-order valence-corrected chi connectivity index (χ3v) is 7.51. The fourth-order valence-corrected chi connectivity index (χ4v) is 5.47. The second-order valence-electron chi connectivity index (χ2n) is 9.98. The predicted molar refractivity (Wildman–Crippen MR) is 162 cm³/mol. The number of aromatic nitrogens is 1. The first-order chi connectivity index (χ1) is 22.6. The van der Waals surface area contributed by atoms with Crippen LogP contribution in [0.5, 0.6) is 11.5 Å². The minimum Gasteiger partial charge on any atom is -0.488 e. The number of alkyl halides is 3. The Balaban J connectivity index is 1.64. The van der Waals surface area contributed by atoms with Gasteiger partial charge in [-0.3, -0.25) is 19.2 Å². The molecule has 0 aliphatic rings. The number of rotatable bonds is 16. The number of thiazole rings is 1. The molecule has 0 fully saturated rings. The molecule has 4 aromatic rings. The SMILES string of the molecule is O=C(O)CN(CC(=O)O)c1ccc(F)cc1OCCOc1cc(-c2nc3cc(C(F)(F)F)ccc3s2)ccc1N(CC(=O)O)CC(=O)O. The molecule has 1 heterocycles. The summed E-state index contributed by atoms with van der Waals surface area (Å²) in [5.41, 5.74) is -0.471. The van der Waals surface area contributed by atoms with Crippen molar-refractivity contribution >= 4 is 56.8 Å². The highest BCUT2D eigenvalue weighted by Gasteiger charge is 2.31. The lowest BCUT2D eigenvalue weighted by molar-refractivity contribution is -0.138. The van der Waals surface area contributed by atoms with Crippen molar-refractivity contribution in [3.8, 4) is 22.1 Å². The van der Waals surface area contributed by atoms with Crippen LogP contribution in [0.4, 0.5) is 28.9 Å². The number of carbonyl (C=O) groups is 4. The summed E-state index contributed by atoms with van der Waals surface area (Å²) in [6.45, 7) is -3.63. The molecule has 0 aliphatic heterocycles. The van der Waals surface area contributed by atoms with Gasteiger partial charge in [0.15, 0.2) is 0 Å². The number of halogens is 4. The van der Waals surface area contributed by atoms with Crippen LogP contribution in [0, 0.1) is 5.82 Å². The lowest BCUT2D eigenvalue weighted by Crippen LogP contribution is -2.35. The topological polar surface area (TPSA) is 187 Å². The van der Waals surface area contributed by atoms with Gasteiger partial charge >= 0.3 is 30.1 Å². The summed E-state index contributed by atoms with van der Waals surface area (Å²) in [6, 6.07) is 10.4. The minimum atomic E-state index is -4.59. The fourth-order valence-electron chi connectivity index (χ4n) is 4.52. The number of carboxylic acid groups (broad SMARTS) is 4. The number of carboxylic acids is 4. The van der Waals surface area contributed by atoms with Gasteiger partial charge < -0.3 is 39.7 Å². The summed E-state index contributed by atoms with van der Waals surface area (Å²) >= 11 is 1.07. The molecule has 4 N–H and O–H groups in total. The summed E-state index contributed by atoms with van der Waals surface area (Å²) < 4.78 is 65.7. The third-order valence-electron chi connectivity index (χ3n) is 6.43. The van der Waals surface area contributed by atoms with E-state index in [9.17, 15) is 57.2 Å². The normalized spacial score (nSPS) is 11.2. The smallest absolute Gasteiger partial charge is 0.416 e. The van der Waals surface area contributed by atoms with Crippen LogP contribution in [0.15, 0.2) is 54.6 Å². The maximum atomic E-state index is 14.1. The van der Waals surface area contributed by atoms with E-state index in [-0.39, 0.29) is 46.6 Å². The minimum absolute atomic E-state index is 0.0320. The van der Waals surface area contributed by atoms with Crippen LogP contribution in [-0.2, 0) is 25.4 Å². The maximum absolute atomic E-state index is 14.1. The van der Waals surface area contributed by atoms with Gasteiger partial charge in [-0.25, -0.2) is 9.37 Å². The average Bonchev–Trinajstić information content (AvgIpc) is 3.41.